The molecule has 1 aromatic carbocycles. The maximum Gasteiger partial charge on any atom is 0.340 e. The summed E-state index contributed by atoms with van der Waals surface area (Å²) < 4.78 is 5.12. The Kier molecular flexibility index (Phi) is 5.42. The lowest BCUT2D eigenvalue weighted by Gasteiger charge is -2.08. The fourth-order valence-corrected chi connectivity index (χ4v) is 2.80. The van der Waals surface area contributed by atoms with Crippen LogP contribution >= 0.6 is 0 Å². The van der Waals surface area contributed by atoms with Gasteiger partial charge in [-0.15, -0.1) is 0 Å². The summed E-state index contributed by atoms with van der Waals surface area (Å²) in [7, 11) is 0. The van der Waals surface area contributed by atoms with E-state index in [1.165, 1.54) is 6.33 Å². The summed E-state index contributed by atoms with van der Waals surface area (Å²) in [6.07, 6.45) is 3.20. The molecule has 0 amide bonds. The van der Waals surface area contributed by atoms with Gasteiger partial charge in [0.25, 0.3) is 0 Å². The predicted octanol–water partition coefficient (Wildman–Crippen LogP) is 2.43. The van der Waals surface area contributed by atoms with E-state index in [9.17, 15) is 9.59 Å². The molecule has 0 aliphatic rings. The number of carbonyl (C=O) groups excluding carboxylic acids is 2. The molecule has 0 unspecified atom stereocenters. The van der Waals surface area contributed by atoms with Crippen LogP contribution in [0.4, 0.5) is 0 Å². The van der Waals surface area contributed by atoms with E-state index in [1.807, 2.05) is 24.3 Å². The molecule has 0 aliphatic heterocycles. The van der Waals surface area contributed by atoms with E-state index in [-0.39, 0.29) is 25.4 Å². The third-order valence-electron chi connectivity index (χ3n) is 4.17. The Morgan fingerprint density at radius 2 is 2.11 bits per heavy atom. The highest BCUT2D eigenvalue weighted by Crippen LogP contribution is 2.29. The number of fused-ring (bicyclic) bond motifs is 1. The van der Waals surface area contributed by atoms with Gasteiger partial charge in [0.2, 0.25) is 0 Å². The van der Waals surface area contributed by atoms with Crippen LogP contribution in [-0.2, 0) is 16.0 Å². The molecule has 0 saturated carbocycles. The van der Waals surface area contributed by atoms with Crippen molar-refractivity contribution in [1.29, 1.82) is 0 Å². The average molecular weight is 364 g/mol. The van der Waals surface area contributed by atoms with E-state index in [0.29, 0.717) is 27.9 Å². The molecule has 0 aliphatic carbocycles. The lowest BCUT2D eigenvalue weighted by Crippen LogP contribution is -2.13. The fraction of sp³-hybridized carbons (Fsp3) is 0.200. The van der Waals surface area contributed by atoms with Gasteiger partial charge in [-0.2, -0.15) is 0 Å². The van der Waals surface area contributed by atoms with Crippen molar-refractivity contribution in [2.24, 2.45) is 5.73 Å². The van der Waals surface area contributed by atoms with Gasteiger partial charge in [-0.3, -0.25) is 4.79 Å². The Bertz CT molecular complexity index is 1020. The van der Waals surface area contributed by atoms with Gasteiger partial charge >= 0.3 is 5.97 Å². The summed E-state index contributed by atoms with van der Waals surface area (Å²) in [5.74, 6) is -0.540. The number of H-pyrrole nitrogens is 1. The Morgan fingerprint density at radius 3 is 2.85 bits per heavy atom. The number of aromatic nitrogens is 3. The number of hydrogen-bond donors (Lipinski definition) is 2. The molecule has 7 nitrogen and oxygen atoms in total. The summed E-state index contributed by atoms with van der Waals surface area (Å²) in [5.41, 5.74) is 8.97. The molecule has 3 rings (SSSR count). The molecule has 0 radical (unpaired) electrons. The van der Waals surface area contributed by atoms with E-state index in [0.717, 1.165) is 11.1 Å². The highest BCUT2D eigenvalue weighted by molar-refractivity contribution is 6.08. The van der Waals surface area contributed by atoms with Crippen LogP contribution in [0, 0.1) is 0 Å². The quantitative estimate of drug-likeness (QED) is 0.492. The molecule has 3 aromatic rings. The van der Waals surface area contributed by atoms with Gasteiger partial charge in [0.15, 0.2) is 5.78 Å². The summed E-state index contributed by atoms with van der Waals surface area (Å²) in [4.78, 5) is 35.9. The van der Waals surface area contributed by atoms with Gasteiger partial charge in [-0.1, -0.05) is 24.8 Å². The number of benzene rings is 1. The van der Waals surface area contributed by atoms with Crippen LogP contribution in [0.15, 0.2) is 48.9 Å². The Morgan fingerprint density at radius 1 is 1.30 bits per heavy atom. The maximum absolute atomic E-state index is 12.3. The second-order valence-electron chi connectivity index (χ2n) is 5.98. The van der Waals surface area contributed by atoms with Gasteiger partial charge in [0.1, 0.15) is 12.0 Å². The number of nitrogens with one attached hydrogen (secondary N) is 1. The highest BCUT2D eigenvalue weighted by Gasteiger charge is 2.19. The van der Waals surface area contributed by atoms with Crippen LogP contribution in [0.25, 0.3) is 22.3 Å². The van der Waals surface area contributed by atoms with E-state index in [1.54, 1.807) is 13.1 Å². The summed E-state index contributed by atoms with van der Waals surface area (Å²) >= 11 is 0. The minimum atomic E-state index is -0.439. The lowest BCUT2D eigenvalue weighted by molar-refractivity contribution is -0.114. The number of ketones is 1. The van der Waals surface area contributed by atoms with E-state index >= 15 is 0 Å². The van der Waals surface area contributed by atoms with Crippen molar-refractivity contribution in [3.63, 3.8) is 0 Å². The largest absolute Gasteiger partial charge is 0.462 e. The fourth-order valence-electron chi connectivity index (χ4n) is 2.80. The molecule has 2 aromatic heterocycles. The first kappa shape index (κ1) is 18.5. The first-order chi connectivity index (χ1) is 13.0. The number of carbonyl (C=O) groups is 2. The minimum Gasteiger partial charge on any atom is -0.462 e. The predicted molar refractivity (Wildman–Crippen MR) is 102 cm³/mol. The molecule has 3 N–H and O–H groups in total. The maximum atomic E-state index is 12.3. The Balaban J connectivity index is 2.04. The summed E-state index contributed by atoms with van der Waals surface area (Å²) in [6.45, 7) is 5.84. The number of esters is 1. The molecule has 27 heavy (non-hydrogen) atoms. The van der Waals surface area contributed by atoms with E-state index in [2.05, 4.69) is 21.5 Å². The van der Waals surface area contributed by atoms with Crippen LogP contribution in [-0.4, -0.2) is 39.9 Å². The summed E-state index contributed by atoms with van der Waals surface area (Å²) in [6, 6.07) is 7.43. The van der Waals surface area contributed by atoms with Crippen LogP contribution < -0.4 is 5.73 Å². The van der Waals surface area contributed by atoms with Crippen LogP contribution in [0.2, 0.25) is 0 Å². The number of aromatic amines is 1. The lowest BCUT2D eigenvalue weighted by atomic mass is 9.99. The molecule has 7 heteroatoms. The van der Waals surface area contributed by atoms with Crippen LogP contribution in [0.5, 0.6) is 0 Å². The summed E-state index contributed by atoms with van der Waals surface area (Å²) in [5, 5.41) is 0.589. The first-order valence-electron chi connectivity index (χ1n) is 8.54. The third kappa shape index (κ3) is 3.78. The SMILES string of the molecule is C=C(CN)C(=O)Cc1cccc(-c2ncnc3[nH]cc(C(=O)OCC)c23)c1. The van der Waals surface area contributed by atoms with Crippen molar-refractivity contribution >= 4 is 22.8 Å². The second-order valence-corrected chi connectivity index (χ2v) is 5.98. The number of Topliss-reactive ketones (excluding diaryl/α,β-unsaturated/α-hetero) is 1. The van der Waals surface area contributed by atoms with Crippen molar-refractivity contribution in [2.45, 2.75) is 13.3 Å². The molecule has 0 fully saturated rings. The molecule has 0 bridgehead atoms. The molecular weight excluding hydrogens is 344 g/mol. The molecule has 0 atom stereocenters. The highest BCUT2D eigenvalue weighted by atomic mass is 16.5. The molecule has 0 spiro atoms. The Hall–Kier alpha value is -3.32. The standard InChI is InChI=1S/C20H20N4O3/c1-3-27-20(26)15-10-22-19-17(15)18(23-11-24-19)14-6-4-5-13(7-14)8-16(25)12(2)9-21/h4-7,10-11H,2-3,8-9,21H2,1H3,(H,22,23,24). The van der Waals surface area contributed by atoms with Gasteiger partial charge in [-0.25, -0.2) is 14.8 Å². The zero-order valence-electron chi connectivity index (χ0n) is 15.0. The van der Waals surface area contributed by atoms with Crippen molar-refractivity contribution in [2.75, 3.05) is 13.2 Å². The van der Waals surface area contributed by atoms with Crippen molar-refractivity contribution in [1.82, 2.24) is 15.0 Å². The van der Waals surface area contributed by atoms with E-state index < -0.39 is 5.97 Å². The van der Waals surface area contributed by atoms with Gasteiger partial charge in [-0.05, 0) is 18.6 Å². The third-order valence-corrected chi connectivity index (χ3v) is 4.17. The number of rotatable bonds is 7. The average Bonchev–Trinajstić information content (AvgIpc) is 3.12. The van der Waals surface area contributed by atoms with Crippen LogP contribution in [0.1, 0.15) is 22.8 Å². The minimum absolute atomic E-state index is 0.101. The number of nitrogens with zero attached hydrogens (tertiary/aromatic N) is 2. The Labute approximate surface area is 156 Å². The monoisotopic (exact) mass is 364 g/mol. The molecule has 2 heterocycles. The van der Waals surface area contributed by atoms with Crippen LogP contribution in [0.3, 0.4) is 0 Å². The zero-order valence-corrected chi connectivity index (χ0v) is 15.0. The first-order valence-corrected chi connectivity index (χ1v) is 8.54. The van der Waals surface area contributed by atoms with Crippen molar-refractivity contribution < 1.29 is 14.3 Å². The topological polar surface area (TPSA) is 111 Å². The number of nitrogens with two attached hydrogens (primary N) is 1. The van der Waals surface area contributed by atoms with Gasteiger partial charge in [0, 0.05) is 30.3 Å². The zero-order chi connectivity index (χ0) is 19.4. The molecule has 0 saturated heterocycles. The molecule has 138 valence electrons. The molecular formula is C20H20N4O3. The second kappa shape index (κ2) is 7.92. The smallest absolute Gasteiger partial charge is 0.340 e. The van der Waals surface area contributed by atoms with Gasteiger partial charge < -0.3 is 15.5 Å². The number of hydrogen-bond acceptors (Lipinski definition) is 6. The normalized spacial score (nSPS) is 10.7. The number of ether oxygens (including phenoxy) is 1. The van der Waals surface area contributed by atoms with E-state index in [4.69, 9.17) is 10.5 Å². The van der Waals surface area contributed by atoms with Gasteiger partial charge in [0.05, 0.1) is 23.3 Å². The van der Waals surface area contributed by atoms with Crippen molar-refractivity contribution in [3.8, 4) is 11.3 Å². The van der Waals surface area contributed by atoms with Crippen molar-refractivity contribution in [3.05, 3.63) is 60.1 Å².